The van der Waals surface area contributed by atoms with Crippen LogP contribution in [0, 0.1) is 6.92 Å². The number of aromatic carboxylic acids is 1. The maximum absolute atomic E-state index is 12.4. The number of carbonyl (C=O) groups excluding carboxylic acids is 1. The molecule has 122 valence electrons. The van der Waals surface area contributed by atoms with Crippen LogP contribution in [0.15, 0.2) is 46.9 Å². The lowest BCUT2D eigenvalue weighted by Gasteiger charge is -2.08. The van der Waals surface area contributed by atoms with Crippen molar-refractivity contribution >= 4 is 44.4 Å². The molecule has 0 bridgehead atoms. The number of amides is 1. The van der Waals surface area contributed by atoms with E-state index in [9.17, 15) is 14.7 Å². The molecule has 0 spiro atoms. The van der Waals surface area contributed by atoms with Gasteiger partial charge in [0.1, 0.15) is 5.69 Å². The number of nitrogens with one attached hydrogen (secondary N) is 2. The number of carboxylic acid groups (broad SMARTS) is 1. The van der Waals surface area contributed by atoms with E-state index < -0.39 is 5.97 Å². The number of para-hydroxylation sites is 1. The van der Waals surface area contributed by atoms with E-state index >= 15 is 0 Å². The molecule has 2 aromatic carbocycles. The SMILES string of the molecule is Cc1ccc(NC(=O)Cc2c(C(=O)O)[nH]c3ccccc23)c(Br)c1. The Labute approximate surface area is 146 Å². The fourth-order valence-electron chi connectivity index (χ4n) is 2.64. The normalized spacial score (nSPS) is 10.8. The van der Waals surface area contributed by atoms with E-state index in [1.165, 1.54) is 0 Å². The topological polar surface area (TPSA) is 82.2 Å². The van der Waals surface area contributed by atoms with E-state index in [-0.39, 0.29) is 18.0 Å². The summed E-state index contributed by atoms with van der Waals surface area (Å²) in [6, 6.07) is 12.9. The maximum Gasteiger partial charge on any atom is 0.352 e. The standard InChI is InChI=1S/C18H15BrN2O3/c1-10-6-7-15(13(19)8-10)20-16(22)9-12-11-4-2-3-5-14(11)21-17(12)18(23)24/h2-8,21H,9H2,1H3,(H,20,22)(H,23,24). The van der Waals surface area contributed by atoms with Crippen LogP contribution in [-0.2, 0) is 11.2 Å². The number of rotatable bonds is 4. The van der Waals surface area contributed by atoms with Gasteiger partial charge in [0, 0.05) is 20.9 Å². The average molecular weight is 387 g/mol. The maximum atomic E-state index is 12.4. The number of fused-ring (bicyclic) bond motifs is 1. The van der Waals surface area contributed by atoms with Gasteiger partial charge in [-0.1, -0.05) is 24.3 Å². The van der Waals surface area contributed by atoms with E-state index in [0.717, 1.165) is 15.4 Å². The van der Waals surface area contributed by atoms with Crippen LogP contribution in [0.5, 0.6) is 0 Å². The number of carbonyl (C=O) groups is 2. The number of benzene rings is 2. The summed E-state index contributed by atoms with van der Waals surface area (Å²) in [6.45, 7) is 1.96. The fraction of sp³-hybridized carbons (Fsp3) is 0.111. The molecular formula is C18H15BrN2O3. The highest BCUT2D eigenvalue weighted by atomic mass is 79.9. The van der Waals surface area contributed by atoms with Crippen LogP contribution < -0.4 is 5.32 Å². The summed E-state index contributed by atoms with van der Waals surface area (Å²) in [4.78, 5) is 26.7. The summed E-state index contributed by atoms with van der Waals surface area (Å²) in [5.41, 5.74) is 2.97. The Morgan fingerprint density at radius 1 is 1.21 bits per heavy atom. The monoisotopic (exact) mass is 386 g/mol. The molecule has 0 aliphatic carbocycles. The van der Waals surface area contributed by atoms with Crippen LogP contribution in [0.4, 0.5) is 5.69 Å². The van der Waals surface area contributed by atoms with Gasteiger partial charge >= 0.3 is 5.97 Å². The highest BCUT2D eigenvalue weighted by Gasteiger charge is 2.19. The molecule has 0 atom stereocenters. The molecule has 1 amide bonds. The van der Waals surface area contributed by atoms with Crippen molar-refractivity contribution in [2.24, 2.45) is 0 Å². The van der Waals surface area contributed by atoms with Crippen molar-refractivity contribution in [2.75, 3.05) is 5.32 Å². The molecule has 0 aliphatic rings. The highest BCUT2D eigenvalue weighted by molar-refractivity contribution is 9.10. The zero-order chi connectivity index (χ0) is 17.3. The zero-order valence-corrected chi connectivity index (χ0v) is 14.5. The second-order valence-corrected chi connectivity index (χ2v) is 6.39. The van der Waals surface area contributed by atoms with Crippen molar-refractivity contribution in [1.29, 1.82) is 0 Å². The third-order valence-corrected chi connectivity index (χ3v) is 4.42. The van der Waals surface area contributed by atoms with Crippen molar-refractivity contribution < 1.29 is 14.7 Å². The van der Waals surface area contributed by atoms with Gasteiger partial charge in [0.2, 0.25) is 5.91 Å². The van der Waals surface area contributed by atoms with Crippen molar-refractivity contribution in [3.05, 3.63) is 63.8 Å². The van der Waals surface area contributed by atoms with E-state index in [1.807, 2.05) is 43.3 Å². The van der Waals surface area contributed by atoms with E-state index in [0.29, 0.717) is 16.8 Å². The summed E-state index contributed by atoms with van der Waals surface area (Å²) < 4.78 is 0.785. The van der Waals surface area contributed by atoms with Gasteiger partial charge < -0.3 is 15.4 Å². The van der Waals surface area contributed by atoms with E-state index in [1.54, 1.807) is 6.07 Å². The molecule has 0 aliphatic heterocycles. The second kappa shape index (κ2) is 6.49. The molecule has 24 heavy (non-hydrogen) atoms. The second-order valence-electron chi connectivity index (χ2n) is 5.54. The smallest absolute Gasteiger partial charge is 0.352 e. The number of anilines is 1. The van der Waals surface area contributed by atoms with Crippen LogP contribution in [0.2, 0.25) is 0 Å². The first kappa shape index (κ1) is 16.3. The molecule has 0 unspecified atom stereocenters. The number of H-pyrrole nitrogens is 1. The lowest BCUT2D eigenvalue weighted by Crippen LogP contribution is -2.16. The molecule has 5 nitrogen and oxygen atoms in total. The first-order valence-electron chi connectivity index (χ1n) is 7.34. The first-order valence-corrected chi connectivity index (χ1v) is 8.14. The van der Waals surface area contributed by atoms with Crippen molar-refractivity contribution in [1.82, 2.24) is 4.98 Å². The summed E-state index contributed by atoms with van der Waals surface area (Å²) in [7, 11) is 0. The largest absolute Gasteiger partial charge is 0.477 e. The average Bonchev–Trinajstić information content (AvgIpc) is 2.89. The summed E-state index contributed by atoms with van der Waals surface area (Å²) in [6.07, 6.45) is -0.0219. The minimum Gasteiger partial charge on any atom is -0.477 e. The molecule has 3 aromatic rings. The molecule has 3 rings (SSSR count). The first-order chi connectivity index (χ1) is 11.5. The minimum absolute atomic E-state index is 0.0219. The van der Waals surface area contributed by atoms with Crippen molar-refractivity contribution in [3.63, 3.8) is 0 Å². The van der Waals surface area contributed by atoms with Crippen LogP contribution in [0.3, 0.4) is 0 Å². The molecule has 3 N–H and O–H groups in total. The number of aromatic nitrogens is 1. The van der Waals surface area contributed by atoms with Gasteiger partial charge in [-0.05, 0) is 46.6 Å². The summed E-state index contributed by atoms with van der Waals surface area (Å²) in [5.74, 6) is -1.35. The zero-order valence-electron chi connectivity index (χ0n) is 12.9. The molecule has 1 aromatic heterocycles. The number of halogens is 1. The molecule has 0 fully saturated rings. The van der Waals surface area contributed by atoms with Crippen LogP contribution in [-0.4, -0.2) is 22.0 Å². The Hall–Kier alpha value is -2.60. The molecule has 1 heterocycles. The summed E-state index contributed by atoms with van der Waals surface area (Å²) >= 11 is 3.42. The predicted molar refractivity (Wildman–Crippen MR) is 96.5 cm³/mol. The van der Waals surface area contributed by atoms with Gasteiger partial charge in [0.05, 0.1) is 12.1 Å². The molecule has 0 saturated carbocycles. The van der Waals surface area contributed by atoms with Gasteiger partial charge in [-0.25, -0.2) is 4.79 Å². The third kappa shape index (κ3) is 3.19. The van der Waals surface area contributed by atoms with Gasteiger partial charge in [-0.2, -0.15) is 0 Å². The fourth-order valence-corrected chi connectivity index (χ4v) is 3.24. The Morgan fingerprint density at radius 3 is 2.67 bits per heavy atom. The lowest BCUT2D eigenvalue weighted by atomic mass is 10.1. The minimum atomic E-state index is -1.08. The Morgan fingerprint density at radius 2 is 1.96 bits per heavy atom. The number of aryl methyl sites for hydroxylation is 1. The van der Waals surface area contributed by atoms with Gasteiger partial charge in [0.25, 0.3) is 0 Å². The number of carboxylic acids is 1. The van der Waals surface area contributed by atoms with Crippen LogP contribution in [0.1, 0.15) is 21.6 Å². The summed E-state index contributed by atoms with van der Waals surface area (Å²) in [5, 5.41) is 12.9. The predicted octanol–water partition coefficient (Wildman–Crippen LogP) is 4.12. The quantitative estimate of drug-likeness (QED) is 0.630. The number of aromatic amines is 1. The number of hydrogen-bond acceptors (Lipinski definition) is 2. The Kier molecular flexibility index (Phi) is 4.40. The molecule has 0 saturated heterocycles. The molecule has 6 heteroatoms. The Balaban J connectivity index is 1.90. The number of hydrogen-bond donors (Lipinski definition) is 3. The van der Waals surface area contributed by atoms with Crippen LogP contribution in [0.25, 0.3) is 10.9 Å². The van der Waals surface area contributed by atoms with Crippen molar-refractivity contribution in [3.8, 4) is 0 Å². The van der Waals surface area contributed by atoms with Crippen LogP contribution >= 0.6 is 15.9 Å². The highest BCUT2D eigenvalue weighted by Crippen LogP contribution is 2.26. The van der Waals surface area contributed by atoms with Gasteiger partial charge in [-0.3, -0.25) is 4.79 Å². The van der Waals surface area contributed by atoms with Gasteiger partial charge in [0.15, 0.2) is 0 Å². The van der Waals surface area contributed by atoms with Gasteiger partial charge in [-0.15, -0.1) is 0 Å². The third-order valence-electron chi connectivity index (χ3n) is 3.76. The molecular weight excluding hydrogens is 372 g/mol. The molecule has 0 radical (unpaired) electrons. The Bertz CT molecular complexity index is 947. The van der Waals surface area contributed by atoms with E-state index in [4.69, 9.17) is 0 Å². The van der Waals surface area contributed by atoms with Crippen molar-refractivity contribution in [2.45, 2.75) is 13.3 Å². The lowest BCUT2D eigenvalue weighted by molar-refractivity contribution is -0.115. The van der Waals surface area contributed by atoms with E-state index in [2.05, 4.69) is 26.2 Å².